The average molecular weight is 250 g/mol. The summed E-state index contributed by atoms with van der Waals surface area (Å²) in [6.45, 7) is 0.219. The highest BCUT2D eigenvalue weighted by atomic mass is 79.9. The van der Waals surface area contributed by atoms with E-state index in [2.05, 4.69) is 37.8 Å². The molecule has 3 nitrogen and oxygen atoms in total. The van der Waals surface area contributed by atoms with E-state index in [1.54, 1.807) is 0 Å². The van der Waals surface area contributed by atoms with Crippen LogP contribution < -0.4 is 0 Å². The monoisotopic (exact) mass is 249 g/mol. The van der Waals surface area contributed by atoms with Crippen LogP contribution >= 0.6 is 15.9 Å². The van der Waals surface area contributed by atoms with Crippen molar-refractivity contribution in [2.45, 2.75) is 5.33 Å². The average Bonchev–Trinajstić information content (AvgIpc) is 2.25. The first-order valence-corrected chi connectivity index (χ1v) is 5.13. The fourth-order valence-corrected chi connectivity index (χ4v) is 1.26. The van der Waals surface area contributed by atoms with E-state index in [4.69, 9.17) is 5.53 Å². The van der Waals surface area contributed by atoms with Gasteiger partial charge in [0.25, 0.3) is 0 Å². The molecule has 0 amide bonds. The van der Waals surface area contributed by atoms with Gasteiger partial charge in [0.1, 0.15) is 0 Å². The Morgan fingerprint density at radius 3 is 2.64 bits per heavy atom. The maximum atomic E-state index is 8.02. The SMILES string of the molecule is [N-]=[N+]=NCC#Cc1ccc(CBr)cc1. The quantitative estimate of drug-likeness (QED) is 0.254. The van der Waals surface area contributed by atoms with Crippen LogP contribution in [0.4, 0.5) is 0 Å². The van der Waals surface area contributed by atoms with E-state index >= 15 is 0 Å². The highest BCUT2D eigenvalue weighted by Crippen LogP contribution is 2.06. The third-order valence-electron chi connectivity index (χ3n) is 1.55. The van der Waals surface area contributed by atoms with Crippen LogP contribution in [0.2, 0.25) is 0 Å². The first-order valence-electron chi connectivity index (χ1n) is 4.01. The van der Waals surface area contributed by atoms with Crippen LogP contribution in [0.5, 0.6) is 0 Å². The van der Waals surface area contributed by atoms with Crippen molar-refractivity contribution in [1.82, 2.24) is 0 Å². The smallest absolute Gasteiger partial charge is 0.0880 e. The molecule has 0 N–H and O–H groups in total. The van der Waals surface area contributed by atoms with Gasteiger partial charge >= 0.3 is 0 Å². The van der Waals surface area contributed by atoms with Gasteiger partial charge in [-0.2, -0.15) is 0 Å². The number of benzene rings is 1. The molecule has 0 unspecified atom stereocenters. The molecule has 1 aromatic rings. The maximum Gasteiger partial charge on any atom is 0.0880 e. The Balaban J connectivity index is 2.66. The van der Waals surface area contributed by atoms with E-state index in [9.17, 15) is 0 Å². The Kier molecular flexibility index (Phi) is 4.63. The van der Waals surface area contributed by atoms with Gasteiger partial charge in [0.05, 0.1) is 6.54 Å². The molecule has 0 fully saturated rings. The van der Waals surface area contributed by atoms with Crippen LogP contribution in [-0.2, 0) is 5.33 Å². The van der Waals surface area contributed by atoms with E-state index in [1.807, 2.05) is 24.3 Å². The largest absolute Gasteiger partial charge is 0.0919 e. The number of hydrogen-bond acceptors (Lipinski definition) is 1. The molecule has 4 heteroatoms. The summed E-state index contributed by atoms with van der Waals surface area (Å²) < 4.78 is 0. The molecule has 14 heavy (non-hydrogen) atoms. The molecule has 0 bridgehead atoms. The van der Waals surface area contributed by atoms with Gasteiger partial charge in [0, 0.05) is 15.8 Å². The molecule has 0 aliphatic rings. The zero-order valence-electron chi connectivity index (χ0n) is 7.44. The normalized spacial score (nSPS) is 8.36. The predicted molar refractivity (Wildman–Crippen MR) is 60.0 cm³/mol. The topological polar surface area (TPSA) is 48.8 Å². The molecule has 0 atom stereocenters. The molecule has 0 heterocycles. The molecule has 0 saturated carbocycles. The second kappa shape index (κ2) is 6.09. The van der Waals surface area contributed by atoms with Gasteiger partial charge < -0.3 is 0 Å². The lowest BCUT2D eigenvalue weighted by atomic mass is 10.2. The molecular formula is C10H8BrN3. The Morgan fingerprint density at radius 1 is 1.36 bits per heavy atom. The second-order valence-corrected chi connectivity index (χ2v) is 3.08. The number of rotatable bonds is 2. The van der Waals surface area contributed by atoms with Crippen molar-refractivity contribution in [3.8, 4) is 11.8 Å². The van der Waals surface area contributed by atoms with E-state index in [0.29, 0.717) is 0 Å². The molecule has 0 aromatic heterocycles. The van der Waals surface area contributed by atoms with Crippen molar-refractivity contribution in [1.29, 1.82) is 0 Å². The maximum absolute atomic E-state index is 8.02. The summed E-state index contributed by atoms with van der Waals surface area (Å²) in [6.07, 6.45) is 0. The van der Waals surface area contributed by atoms with E-state index in [-0.39, 0.29) is 6.54 Å². The molecule has 0 aliphatic heterocycles. The van der Waals surface area contributed by atoms with Crippen molar-refractivity contribution in [3.05, 3.63) is 45.8 Å². The number of halogens is 1. The summed E-state index contributed by atoms with van der Waals surface area (Å²) in [5, 5.41) is 4.17. The van der Waals surface area contributed by atoms with E-state index in [0.717, 1.165) is 10.9 Å². The minimum atomic E-state index is 0.219. The number of alkyl halides is 1. The van der Waals surface area contributed by atoms with Crippen LogP contribution in [-0.4, -0.2) is 6.54 Å². The summed E-state index contributed by atoms with van der Waals surface area (Å²) >= 11 is 3.36. The highest BCUT2D eigenvalue weighted by molar-refractivity contribution is 9.08. The molecule has 1 aromatic carbocycles. The van der Waals surface area contributed by atoms with Crippen LogP contribution in [0, 0.1) is 11.8 Å². The lowest BCUT2D eigenvalue weighted by Gasteiger charge is -1.93. The Bertz CT molecular complexity index is 394. The van der Waals surface area contributed by atoms with Gasteiger partial charge in [0.2, 0.25) is 0 Å². The van der Waals surface area contributed by atoms with E-state index in [1.165, 1.54) is 5.56 Å². The van der Waals surface area contributed by atoms with Crippen molar-refractivity contribution in [3.63, 3.8) is 0 Å². The second-order valence-electron chi connectivity index (χ2n) is 2.52. The van der Waals surface area contributed by atoms with Gasteiger partial charge in [-0.1, -0.05) is 45.0 Å². The lowest BCUT2D eigenvalue weighted by Crippen LogP contribution is -1.78. The van der Waals surface area contributed by atoms with Gasteiger partial charge in [-0.25, -0.2) is 0 Å². The zero-order chi connectivity index (χ0) is 10.2. The minimum absolute atomic E-state index is 0.219. The first-order chi connectivity index (χ1) is 6.86. The Labute approximate surface area is 90.9 Å². The van der Waals surface area contributed by atoms with Crippen LogP contribution in [0.3, 0.4) is 0 Å². The number of azide groups is 1. The van der Waals surface area contributed by atoms with Crippen LogP contribution in [0.25, 0.3) is 10.4 Å². The standard InChI is InChI=1S/C10H8BrN3/c11-8-10-5-3-9(4-6-10)2-1-7-13-14-12/h3-6H,7-8H2. The minimum Gasteiger partial charge on any atom is -0.0919 e. The van der Waals surface area contributed by atoms with Crippen molar-refractivity contribution < 1.29 is 0 Å². The number of hydrogen-bond donors (Lipinski definition) is 0. The summed E-state index contributed by atoms with van der Waals surface area (Å²) in [6, 6.07) is 7.90. The van der Waals surface area contributed by atoms with Gasteiger partial charge in [-0.05, 0) is 23.2 Å². The summed E-state index contributed by atoms with van der Waals surface area (Å²) in [7, 11) is 0. The first kappa shape index (κ1) is 10.6. The fraction of sp³-hybridized carbons (Fsp3) is 0.200. The Hall–Kier alpha value is -1.43. The third-order valence-corrected chi connectivity index (χ3v) is 2.20. The summed E-state index contributed by atoms with van der Waals surface area (Å²) in [5.41, 5.74) is 10.2. The molecule has 0 spiro atoms. The van der Waals surface area contributed by atoms with Crippen molar-refractivity contribution >= 4 is 15.9 Å². The molecule has 0 radical (unpaired) electrons. The molecular weight excluding hydrogens is 242 g/mol. The molecule has 70 valence electrons. The fourth-order valence-electron chi connectivity index (χ4n) is 0.886. The number of nitrogens with zero attached hydrogens (tertiary/aromatic N) is 3. The van der Waals surface area contributed by atoms with Crippen molar-refractivity contribution in [2.24, 2.45) is 5.11 Å². The van der Waals surface area contributed by atoms with Gasteiger partial charge in [-0.3, -0.25) is 0 Å². The lowest BCUT2D eigenvalue weighted by molar-refractivity contribution is 1.25. The highest BCUT2D eigenvalue weighted by Gasteiger charge is 1.88. The molecule has 0 saturated heterocycles. The van der Waals surface area contributed by atoms with Crippen LogP contribution in [0.1, 0.15) is 11.1 Å². The Morgan fingerprint density at radius 2 is 2.07 bits per heavy atom. The summed E-state index contributed by atoms with van der Waals surface area (Å²) in [4.78, 5) is 2.61. The zero-order valence-corrected chi connectivity index (χ0v) is 9.03. The molecule has 0 aliphatic carbocycles. The third kappa shape index (κ3) is 3.53. The van der Waals surface area contributed by atoms with Crippen LogP contribution in [0.15, 0.2) is 29.4 Å². The van der Waals surface area contributed by atoms with E-state index < -0.39 is 0 Å². The molecule has 1 rings (SSSR count). The van der Waals surface area contributed by atoms with Crippen molar-refractivity contribution in [2.75, 3.05) is 6.54 Å². The van der Waals surface area contributed by atoms with Gasteiger partial charge in [0.15, 0.2) is 0 Å². The summed E-state index contributed by atoms with van der Waals surface area (Å²) in [5.74, 6) is 5.66. The van der Waals surface area contributed by atoms with Gasteiger partial charge in [-0.15, -0.1) is 0 Å². The predicted octanol–water partition coefficient (Wildman–Crippen LogP) is 3.24.